The number of urea groups is 1. The zero-order valence-electron chi connectivity index (χ0n) is 10.9. The Kier molecular flexibility index (Phi) is 6.96. The summed E-state index contributed by atoms with van der Waals surface area (Å²) in [7, 11) is 0. The molecule has 0 saturated carbocycles. The van der Waals surface area contributed by atoms with Crippen molar-refractivity contribution in [1.29, 1.82) is 5.26 Å². The van der Waals surface area contributed by atoms with Crippen molar-refractivity contribution in [2.75, 3.05) is 6.54 Å². The van der Waals surface area contributed by atoms with Crippen LogP contribution in [0.4, 0.5) is 4.79 Å². The van der Waals surface area contributed by atoms with Gasteiger partial charge in [0, 0.05) is 12.6 Å². The number of hydrogen-bond donors (Lipinski definition) is 3. The van der Waals surface area contributed by atoms with Crippen LogP contribution in [0.25, 0.3) is 0 Å². The van der Waals surface area contributed by atoms with Crippen molar-refractivity contribution < 1.29 is 19.5 Å². The Morgan fingerprint density at radius 1 is 1.42 bits per heavy atom. The van der Waals surface area contributed by atoms with E-state index >= 15 is 0 Å². The van der Waals surface area contributed by atoms with E-state index in [1.165, 1.54) is 4.90 Å². The first-order valence-corrected chi connectivity index (χ1v) is 5.74. The lowest BCUT2D eigenvalue weighted by Crippen LogP contribution is -2.51. The Labute approximate surface area is 111 Å². The van der Waals surface area contributed by atoms with Crippen molar-refractivity contribution in [3.8, 4) is 6.07 Å². The lowest BCUT2D eigenvalue weighted by atomic mass is 10.2. The molecule has 0 fully saturated rings. The molecule has 0 aromatic carbocycles. The molecule has 19 heavy (non-hydrogen) atoms. The molecule has 1 atom stereocenters. The van der Waals surface area contributed by atoms with Crippen LogP contribution in [0.5, 0.6) is 0 Å². The standard InChI is InChI=1S/C11H18N4O4/c1-7(2)15(5-3-4-12)11(19)14-8(10(17)18)6-9(13)16/h7-8H,3,5-6H2,1-2H3,(H2,13,16)(H,14,19)(H,17,18)/t8-/m0/s1. The summed E-state index contributed by atoms with van der Waals surface area (Å²) >= 11 is 0. The number of nitriles is 1. The Hall–Kier alpha value is -2.30. The number of aliphatic carboxylic acids is 1. The van der Waals surface area contributed by atoms with E-state index in [0.717, 1.165) is 0 Å². The molecule has 0 aromatic rings. The third-order valence-electron chi connectivity index (χ3n) is 2.35. The van der Waals surface area contributed by atoms with Gasteiger partial charge in [0.2, 0.25) is 5.91 Å². The number of nitrogens with one attached hydrogen (secondary N) is 1. The summed E-state index contributed by atoms with van der Waals surface area (Å²) < 4.78 is 0. The molecule has 0 aromatic heterocycles. The molecule has 0 bridgehead atoms. The molecule has 0 rings (SSSR count). The molecule has 106 valence electrons. The molecule has 3 amide bonds. The molecule has 0 heterocycles. The summed E-state index contributed by atoms with van der Waals surface area (Å²) in [4.78, 5) is 34.8. The van der Waals surface area contributed by atoms with Crippen LogP contribution < -0.4 is 11.1 Å². The number of amides is 3. The van der Waals surface area contributed by atoms with E-state index in [-0.39, 0.29) is 19.0 Å². The zero-order valence-corrected chi connectivity index (χ0v) is 10.9. The highest BCUT2D eigenvalue weighted by molar-refractivity contribution is 5.87. The number of primary amides is 1. The summed E-state index contributed by atoms with van der Waals surface area (Å²) in [6.07, 6.45) is -0.343. The molecule has 0 aliphatic rings. The van der Waals surface area contributed by atoms with Gasteiger partial charge in [-0.2, -0.15) is 5.26 Å². The van der Waals surface area contributed by atoms with Gasteiger partial charge in [-0.3, -0.25) is 4.79 Å². The third-order valence-corrected chi connectivity index (χ3v) is 2.35. The number of hydrogen-bond acceptors (Lipinski definition) is 4. The number of carboxylic acids is 1. The first-order valence-electron chi connectivity index (χ1n) is 5.74. The molecule has 0 aliphatic carbocycles. The summed E-state index contributed by atoms with van der Waals surface area (Å²) in [5.41, 5.74) is 4.91. The molecule has 8 heteroatoms. The molecular formula is C11H18N4O4. The van der Waals surface area contributed by atoms with Crippen LogP contribution in [0.3, 0.4) is 0 Å². The Balaban J connectivity index is 4.71. The molecule has 0 spiro atoms. The van der Waals surface area contributed by atoms with Gasteiger partial charge in [0.15, 0.2) is 0 Å². The minimum atomic E-state index is -1.37. The second kappa shape index (κ2) is 7.92. The lowest BCUT2D eigenvalue weighted by Gasteiger charge is -2.27. The number of nitrogens with two attached hydrogens (primary N) is 1. The molecule has 4 N–H and O–H groups in total. The Morgan fingerprint density at radius 3 is 2.37 bits per heavy atom. The van der Waals surface area contributed by atoms with Crippen LogP contribution in [0.1, 0.15) is 26.7 Å². The quantitative estimate of drug-likeness (QED) is 0.580. The van der Waals surface area contributed by atoms with E-state index < -0.39 is 30.4 Å². The molecule has 0 aliphatic heterocycles. The fourth-order valence-corrected chi connectivity index (χ4v) is 1.40. The number of carbonyl (C=O) groups excluding carboxylic acids is 2. The van der Waals surface area contributed by atoms with Crippen molar-refractivity contribution in [2.45, 2.75) is 38.8 Å². The summed E-state index contributed by atoms with van der Waals surface area (Å²) in [6, 6.07) is -0.301. The van der Waals surface area contributed by atoms with Crippen molar-refractivity contribution >= 4 is 17.9 Å². The maximum absolute atomic E-state index is 11.9. The molecule has 0 radical (unpaired) electrons. The molecule has 0 saturated heterocycles. The average Bonchev–Trinajstić information content (AvgIpc) is 2.27. The van der Waals surface area contributed by atoms with Gasteiger partial charge in [-0.05, 0) is 13.8 Å². The average molecular weight is 270 g/mol. The highest BCUT2D eigenvalue weighted by Crippen LogP contribution is 2.02. The summed E-state index contributed by atoms with van der Waals surface area (Å²) in [5, 5.41) is 19.6. The fraction of sp³-hybridized carbons (Fsp3) is 0.636. The van der Waals surface area contributed by atoms with Crippen molar-refractivity contribution in [3.63, 3.8) is 0 Å². The largest absolute Gasteiger partial charge is 0.480 e. The van der Waals surface area contributed by atoms with Crippen molar-refractivity contribution in [3.05, 3.63) is 0 Å². The Bertz CT molecular complexity index is 389. The minimum Gasteiger partial charge on any atom is -0.480 e. The van der Waals surface area contributed by atoms with Gasteiger partial charge in [-0.1, -0.05) is 0 Å². The van der Waals surface area contributed by atoms with Crippen LogP contribution in [0, 0.1) is 11.3 Å². The van der Waals surface area contributed by atoms with Gasteiger partial charge in [0.25, 0.3) is 0 Å². The van der Waals surface area contributed by atoms with Crippen molar-refractivity contribution in [2.24, 2.45) is 5.73 Å². The van der Waals surface area contributed by atoms with Crippen LogP contribution in [-0.4, -0.2) is 46.5 Å². The fourth-order valence-electron chi connectivity index (χ4n) is 1.40. The monoisotopic (exact) mass is 270 g/mol. The number of nitrogens with zero attached hydrogens (tertiary/aromatic N) is 2. The minimum absolute atomic E-state index is 0.138. The number of carboxylic acid groups (broad SMARTS) is 1. The van der Waals surface area contributed by atoms with Crippen LogP contribution >= 0.6 is 0 Å². The predicted octanol–water partition coefficient (Wildman–Crippen LogP) is -0.351. The highest BCUT2D eigenvalue weighted by Gasteiger charge is 2.25. The number of rotatable bonds is 7. The Morgan fingerprint density at radius 2 is 2.00 bits per heavy atom. The van der Waals surface area contributed by atoms with E-state index in [0.29, 0.717) is 0 Å². The van der Waals surface area contributed by atoms with Gasteiger partial charge in [-0.25, -0.2) is 9.59 Å². The predicted molar refractivity (Wildman–Crippen MR) is 65.8 cm³/mol. The van der Waals surface area contributed by atoms with Gasteiger partial charge >= 0.3 is 12.0 Å². The summed E-state index contributed by atoms with van der Waals surface area (Å²) in [6.45, 7) is 3.66. The van der Waals surface area contributed by atoms with Gasteiger partial charge < -0.3 is 21.1 Å². The van der Waals surface area contributed by atoms with Crippen molar-refractivity contribution in [1.82, 2.24) is 10.2 Å². The topological polar surface area (TPSA) is 137 Å². The molecule has 8 nitrogen and oxygen atoms in total. The van der Waals surface area contributed by atoms with Gasteiger partial charge in [0.1, 0.15) is 6.04 Å². The maximum atomic E-state index is 11.9. The van der Waals surface area contributed by atoms with Crippen LogP contribution in [-0.2, 0) is 9.59 Å². The van der Waals surface area contributed by atoms with E-state index in [1.54, 1.807) is 13.8 Å². The van der Waals surface area contributed by atoms with E-state index in [4.69, 9.17) is 16.1 Å². The van der Waals surface area contributed by atoms with Gasteiger partial charge in [0.05, 0.1) is 18.9 Å². The summed E-state index contributed by atoms with van der Waals surface area (Å²) in [5.74, 6) is -2.16. The first kappa shape index (κ1) is 16.7. The first-order chi connectivity index (χ1) is 8.79. The second-order valence-electron chi connectivity index (χ2n) is 4.21. The maximum Gasteiger partial charge on any atom is 0.326 e. The molecule has 0 unspecified atom stereocenters. The zero-order chi connectivity index (χ0) is 15.0. The SMILES string of the molecule is CC(C)N(CCC#N)C(=O)N[C@@H](CC(N)=O)C(=O)O. The second-order valence-corrected chi connectivity index (χ2v) is 4.21. The number of carbonyl (C=O) groups is 3. The smallest absolute Gasteiger partial charge is 0.326 e. The lowest BCUT2D eigenvalue weighted by molar-refractivity contribution is -0.141. The van der Waals surface area contributed by atoms with Crippen LogP contribution in [0.15, 0.2) is 0 Å². The van der Waals surface area contributed by atoms with Crippen LogP contribution in [0.2, 0.25) is 0 Å². The van der Waals surface area contributed by atoms with E-state index in [1.807, 2.05) is 6.07 Å². The van der Waals surface area contributed by atoms with Gasteiger partial charge in [-0.15, -0.1) is 0 Å². The normalized spacial score (nSPS) is 11.5. The highest BCUT2D eigenvalue weighted by atomic mass is 16.4. The van der Waals surface area contributed by atoms with E-state index in [9.17, 15) is 14.4 Å². The third kappa shape index (κ3) is 6.26. The van der Waals surface area contributed by atoms with E-state index in [2.05, 4.69) is 5.32 Å². The molecular weight excluding hydrogens is 252 g/mol.